The fourth-order valence-corrected chi connectivity index (χ4v) is 4.41. The average molecular weight is 443 g/mol. The van der Waals surface area contributed by atoms with Crippen molar-refractivity contribution in [2.24, 2.45) is 0 Å². The monoisotopic (exact) mass is 442 g/mol. The molecule has 0 radical (unpaired) electrons. The second-order valence-electron chi connectivity index (χ2n) is 8.66. The highest BCUT2D eigenvalue weighted by Gasteiger charge is 2.23. The normalized spacial score (nSPS) is 18.3. The Morgan fingerprint density at radius 3 is 2.69 bits per heavy atom. The predicted octanol–water partition coefficient (Wildman–Crippen LogP) is 2.10. The topological polar surface area (TPSA) is 83.1 Å². The van der Waals surface area contributed by atoms with Crippen molar-refractivity contribution in [2.45, 2.75) is 25.2 Å². The number of hydrogen-bond acceptors (Lipinski definition) is 8. The first-order chi connectivity index (χ1) is 15.6. The van der Waals surface area contributed by atoms with Crippen LogP contribution in [-0.2, 0) is 4.84 Å². The maximum atomic E-state index is 11.9. The summed E-state index contributed by atoms with van der Waals surface area (Å²) in [5.41, 5.74) is 2.11. The highest BCUT2D eigenvalue weighted by Crippen LogP contribution is 2.30. The zero-order chi connectivity index (χ0) is 22.3. The van der Waals surface area contributed by atoms with E-state index in [0.717, 1.165) is 74.3 Å². The number of hydroxylamine groups is 2. The average Bonchev–Trinajstić information content (AvgIpc) is 2.82. The van der Waals surface area contributed by atoms with Gasteiger partial charge in [-0.15, -0.1) is 5.06 Å². The number of ether oxygens (including phenoxy) is 1. The number of amides is 1. The van der Waals surface area contributed by atoms with Crippen molar-refractivity contribution in [1.82, 2.24) is 30.1 Å². The van der Waals surface area contributed by atoms with Gasteiger partial charge < -0.3 is 19.8 Å². The van der Waals surface area contributed by atoms with Gasteiger partial charge in [0.1, 0.15) is 12.1 Å². The van der Waals surface area contributed by atoms with Gasteiger partial charge in [0.25, 0.3) is 0 Å². The summed E-state index contributed by atoms with van der Waals surface area (Å²) in [4.78, 5) is 30.3. The largest absolute Gasteiger partial charge is 0.493 e. The molecule has 2 aliphatic heterocycles. The van der Waals surface area contributed by atoms with Crippen LogP contribution in [0.15, 0.2) is 24.5 Å². The Morgan fingerprint density at radius 1 is 1.16 bits per heavy atom. The molecular weight excluding hydrogens is 408 g/mol. The minimum atomic E-state index is -0.276. The molecule has 0 unspecified atom stereocenters. The number of carbonyl (C=O) groups excluding carboxylic acids is 1. The van der Waals surface area contributed by atoms with Gasteiger partial charge in [0.05, 0.1) is 17.8 Å². The summed E-state index contributed by atoms with van der Waals surface area (Å²) in [5.74, 6) is 1.35. The molecule has 2 aromatic rings. The smallest absolute Gasteiger partial charge is 0.429 e. The first-order valence-corrected chi connectivity index (χ1v) is 11.5. The fourth-order valence-electron chi connectivity index (χ4n) is 4.41. The fraction of sp³-hybridized carbons (Fsp3) is 0.609. The molecule has 1 N–H and O–H groups in total. The number of benzene rings is 1. The van der Waals surface area contributed by atoms with E-state index in [4.69, 9.17) is 9.57 Å². The summed E-state index contributed by atoms with van der Waals surface area (Å²) in [6.07, 6.45) is 4.58. The van der Waals surface area contributed by atoms with Gasteiger partial charge in [-0.05, 0) is 44.5 Å². The van der Waals surface area contributed by atoms with Crippen molar-refractivity contribution < 1.29 is 14.4 Å². The van der Waals surface area contributed by atoms with Crippen LogP contribution in [0.3, 0.4) is 0 Å². The summed E-state index contributed by atoms with van der Waals surface area (Å²) in [6.45, 7) is 6.80. The van der Waals surface area contributed by atoms with Crippen LogP contribution in [0.2, 0.25) is 0 Å². The molecule has 174 valence electrons. The maximum absolute atomic E-state index is 11.9. The second kappa shape index (κ2) is 10.9. The zero-order valence-electron chi connectivity index (χ0n) is 19.1. The molecule has 0 bridgehead atoms. The number of nitrogens with one attached hydrogen (secondary N) is 1. The Hall–Kier alpha value is -2.49. The molecular formula is C23H34N6O3. The molecule has 9 nitrogen and oxygen atoms in total. The summed E-state index contributed by atoms with van der Waals surface area (Å²) in [5, 5.41) is 5.98. The lowest BCUT2D eigenvalue weighted by atomic mass is 9.92. The van der Waals surface area contributed by atoms with Crippen LogP contribution in [0.25, 0.3) is 10.9 Å². The second-order valence-corrected chi connectivity index (χ2v) is 8.66. The van der Waals surface area contributed by atoms with Gasteiger partial charge >= 0.3 is 6.09 Å². The molecule has 0 spiro atoms. The number of piperazine rings is 1. The van der Waals surface area contributed by atoms with E-state index in [2.05, 4.69) is 26.3 Å². The molecule has 2 aliphatic rings. The molecule has 1 aromatic carbocycles. The third-order valence-corrected chi connectivity index (χ3v) is 6.14. The quantitative estimate of drug-likeness (QED) is 0.516. The van der Waals surface area contributed by atoms with Crippen molar-refractivity contribution in [1.29, 1.82) is 0 Å². The molecule has 3 heterocycles. The number of piperidine rings is 1. The highest BCUT2D eigenvalue weighted by molar-refractivity contribution is 5.82. The van der Waals surface area contributed by atoms with E-state index in [9.17, 15) is 4.79 Å². The Labute approximate surface area is 189 Å². The van der Waals surface area contributed by atoms with Gasteiger partial charge in [0.15, 0.2) is 0 Å². The van der Waals surface area contributed by atoms with E-state index in [-0.39, 0.29) is 6.09 Å². The predicted molar refractivity (Wildman–Crippen MR) is 123 cm³/mol. The molecule has 1 amide bonds. The lowest BCUT2D eigenvalue weighted by Gasteiger charge is -2.34. The number of hydrogen-bond donors (Lipinski definition) is 1. The summed E-state index contributed by atoms with van der Waals surface area (Å²) in [7, 11) is 3.42. The van der Waals surface area contributed by atoms with Crippen LogP contribution in [0.5, 0.6) is 5.75 Å². The van der Waals surface area contributed by atoms with E-state index in [1.807, 2.05) is 12.1 Å². The first kappa shape index (κ1) is 22.7. The van der Waals surface area contributed by atoms with E-state index in [0.29, 0.717) is 25.6 Å². The van der Waals surface area contributed by atoms with Gasteiger partial charge in [-0.25, -0.2) is 14.8 Å². The molecule has 32 heavy (non-hydrogen) atoms. The Bertz CT molecular complexity index is 894. The highest BCUT2D eigenvalue weighted by atomic mass is 16.7. The molecule has 0 saturated carbocycles. The van der Waals surface area contributed by atoms with Crippen LogP contribution in [0.1, 0.15) is 30.9 Å². The number of fused-ring (bicyclic) bond motifs is 1. The summed E-state index contributed by atoms with van der Waals surface area (Å²) < 4.78 is 6.01. The first-order valence-electron chi connectivity index (χ1n) is 11.5. The Morgan fingerprint density at radius 2 is 1.94 bits per heavy atom. The number of rotatable bonds is 7. The van der Waals surface area contributed by atoms with Crippen molar-refractivity contribution in [3.05, 3.63) is 30.2 Å². The van der Waals surface area contributed by atoms with E-state index < -0.39 is 0 Å². The standard InChI is InChI=1S/C23H34N6O3/c1-27(2)32-23(30)29-13-11-28(12-14-29)10-3-15-31-19-4-5-20-21(16-19)25-17-26-22(20)18-6-8-24-9-7-18/h4-5,16-18,24H,3,6-15H2,1-2H3. The zero-order valence-corrected chi connectivity index (χ0v) is 19.1. The number of aromatic nitrogens is 2. The SMILES string of the molecule is CN(C)OC(=O)N1CCN(CCCOc2ccc3c(C4CCNCC4)ncnc3c2)CC1. The maximum Gasteiger partial charge on any atom is 0.429 e. The van der Waals surface area contributed by atoms with Crippen molar-refractivity contribution in [2.75, 3.05) is 66.5 Å². The molecule has 2 fully saturated rings. The van der Waals surface area contributed by atoms with E-state index >= 15 is 0 Å². The van der Waals surface area contributed by atoms with Crippen LogP contribution >= 0.6 is 0 Å². The lowest BCUT2D eigenvalue weighted by molar-refractivity contribution is -0.0751. The van der Waals surface area contributed by atoms with Gasteiger partial charge in [-0.3, -0.25) is 4.90 Å². The van der Waals surface area contributed by atoms with Crippen LogP contribution < -0.4 is 10.1 Å². The molecule has 0 aliphatic carbocycles. The van der Waals surface area contributed by atoms with Crippen LogP contribution in [0, 0.1) is 0 Å². The lowest BCUT2D eigenvalue weighted by Crippen LogP contribution is -2.49. The van der Waals surface area contributed by atoms with Crippen LogP contribution in [-0.4, -0.2) is 97.4 Å². The van der Waals surface area contributed by atoms with Crippen molar-refractivity contribution >= 4 is 17.0 Å². The van der Waals surface area contributed by atoms with Crippen molar-refractivity contribution in [3.63, 3.8) is 0 Å². The summed E-state index contributed by atoms with van der Waals surface area (Å²) in [6, 6.07) is 6.16. The molecule has 1 aromatic heterocycles. The molecule has 9 heteroatoms. The number of nitrogens with zero attached hydrogens (tertiary/aromatic N) is 5. The Balaban J connectivity index is 1.23. The van der Waals surface area contributed by atoms with E-state index in [1.54, 1.807) is 25.3 Å². The summed E-state index contributed by atoms with van der Waals surface area (Å²) >= 11 is 0. The van der Waals surface area contributed by atoms with Gasteiger partial charge in [-0.1, -0.05) is 0 Å². The van der Waals surface area contributed by atoms with Gasteiger partial charge in [0.2, 0.25) is 0 Å². The minimum Gasteiger partial charge on any atom is -0.493 e. The molecule has 0 atom stereocenters. The number of carbonyl (C=O) groups is 1. The molecule has 2 saturated heterocycles. The van der Waals surface area contributed by atoms with E-state index in [1.165, 1.54) is 5.06 Å². The van der Waals surface area contributed by atoms with Gasteiger partial charge in [-0.2, -0.15) is 0 Å². The van der Waals surface area contributed by atoms with Crippen molar-refractivity contribution in [3.8, 4) is 5.75 Å². The minimum absolute atomic E-state index is 0.276. The van der Waals surface area contributed by atoms with Gasteiger partial charge in [0, 0.05) is 64.2 Å². The third kappa shape index (κ3) is 5.85. The molecule has 4 rings (SSSR count). The van der Waals surface area contributed by atoms with Crippen LogP contribution in [0.4, 0.5) is 4.79 Å². The Kier molecular flexibility index (Phi) is 7.72. The third-order valence-electron chi connectivity index (χ3n) is 6.14.